The summed E-state index contributed by atoms with van der Waals surface area (Å²) < 4.78 is 10.1. The minimum absolute atomic E-state index is 0.0687. The van der Waals surface area contributed by atoms with Gasteiger partial charge in [-0.25, -0.2) is 4.79 Å². The fraction of sp³-hybridized carbons (Fsp3) is 0.818. The number of hydrogen-bond donors (Lipinski definition) is 2. The predicted molar refractivity (Wildman–Crippen MR) is 120 cm³/mol. The fourth-order valence-corrected chi connectivity index (χ4v) is 5.51. The number of carboxylic acids is 1. The molecule has 0 aromatic carbocycles. The Morgan fingerprint density at radius 1 is 1.06 bits per heavy atom. The number of carboxylic acid groups (broad SMARTS) is 1. The van der Waals surface area contributed by atoms with E-state index in [0.29, 0.717) is 6.42 Å². The monoisotopic (exact) mass is 472 g/mol. The number of thioether (sulfide) groups is 1. The van der Waals surface area contributed by atoms with Gasteiger partial charge in [-0.1, -0.05) is 12.8 Å². The number of carbonyl (C=O) groups is 4. The third-order valence-electron chi connectivity index (χ3n) is 6.15. The molecule has 1 saturated heterocycles. The number of nitrogens with one attached hydrogen (secondary N) is 1. The van der Waals surface area contributed by atoms with Crippen LogP contribution in [0.2, 0.25) is 0 Å². The van der Waals surface area contributed by atoms with Gasteiger partial charge in [0.15, 0.2) is 0 Å². The minimum atomic E-state index is -0.985. The van der Waals surface area contributed by atoms with E-state index < -0.39 is 35.3 Å². The Balaban J connectivity index is 2.08. The van der Waals surface area contributed by atoms with Crippen LogP contribution in [0.3, 0.4) is 0 Å². The van der Waals surface area contributed by atoms with Gasteiger partial charge in [0.2, 0.25) is 5.91 Å². The normalized spacial score (nSPS) is 25.4. The van der Waals surface area contributed by atoms with Crippen LogP contribution >= 0.6 is 11.8 Å². The number of carbonyl (C=O) groups excluding carboxylic acids is 3. The Labute approximate surface area is 193 Å². The fourth-order valence-electron chi connectivity index (χ4n) is 4.59. The van der Waals surface area contributed by atoms with Crippen LogP contribution in [0.25, 0.3) is 0 Å². The number of likely N-dealkylation sites (tertiary alicyclic amines) is 1. The zero-order chi connectivity index (χ0) is 23.8. The van der Waals surface area contributed by atoms with E-state index in [0.717, 1.165) is 25.7 Å². The summed E-state index contributed by atoms with van der Waals surface area (Å²) in [7, 11) is 0. The highest BCUT2D eigenvalue weighted by Crippen LogP contribution is 2.40. The maximum Gasteiger partial charge on any atom is 0.326 e. The van der Waals surface area contributed by atoms with Gasteiger partial charge in [-0.15, -0.1) is 11.8 Å². The van der Waals surface area contributed by atoms with Gasteiger partial charge < -0.3 is 19.5 Å². The van der Waals surface area contributed by atoms with Crippen LogP contribution in [0, 0.1) is 5.92 Å². The summed E-state index contributed by atoms with van der Waals surface area (Å²) in [6, 6.07) is -2.49. The number of amides is 1. The van der Waals surface area contributed by atoms with Crippen molar-refractivity contribution in [2.75, 3.05) is 19.0 Å². The predicted octanol–water partition coefficient (Wildman–Crippen LogP) is 1.83. The first-order chi connectivity index (χ1) is 15.2. The molecule has 2 N–H and O–H groups in total. The first-order valence-electron chi connectivity index (χ1n) is 11.5. The Hall–Kier alpha value is -1.81. The molecule has 1 aliphatic carbocycles. The highest BCUT2D eigenvalue weighted by atomic mass is 32.2. The Morgan fingerprint density at radius 2 is 1.69 bits per heavy atom. The van der Waals surface area contributed by atoms with Crippen LogP contribution in [0.5, 0.6) is 0 Å². The molecule has 3 unspecified atom stereocenters. The number of fused-ring (bicyclic) bond motifs is 1. The second-order valence-electron chi connectivity index (χ2n) is 8.37. The van der Waals surface area contributed by atoms with Crippen LogP contribution in [-0.4, -0.2) is 82.2 Å². The summed E-state index contributed by atoms with van der Waals surface area (Å²) in [5, 5.41) is 12.3. The van der Waals surface area contributed by atoms with Crippen molar-refractivity contribution in [1.82, 2.24) is 10.2 Å². The second kappa shape index (κ2) is 12.4. The number of ether oxygens (including phenoxy) is 2. The molecule has 32 heavy (non-hydrogen) atoms. The molecule has 0 aromatic heterocycles. The highest BCUT2D eigenvalue weighted by molar-refractivity contribution is 8.00. The number of esters is 2. The smallest absolute Gasteiger partial charge is 0.326 e. The zero-order valence-electron chi connectivity index (χ0n) is 19.4. The lowest BCUT2D eigenvalue weighted by molar-refractivity contribution is -0.151. The molecule has 2 fully saturated rings. The zero-order valence-corrected chi connectivity index (χ0v) is 20.2. The van der Waals surface area contributed by atoms with Gasteiger partial charge in [0.05, 0.1) is 24.5 Å². The maximum atomic E-state index is 13.3. The van der Waals surface area contributed by atoms with Gasteiger partial charge in [0.25, 0.3) is 0 Å². The summed E-state index contributed by atoms with van der Waals surface area (Å²) in [6.07, 6.45) is 4.26. The SMILES string of the molecule is CCOC(=O)C(CS[C@@H](C)C(=O)OCC)N[C@@H](C)C(=O)N1C2CCCCC2C[C@H]1C(=O)O. The molecule has 9 nitrogen and oxygen atoms in total. The molecule has 1 heterocycles. The van der Waals surface area contributed by atoms with E-state index in [1.165, 1.54) is 16.7 Å². The molecule has 0 bridgehead atoms. The molecule has 1 aliphatic heterocycles. The Kier molecular flexibility index (Phi) is 10.3. The molecular formula is C22H36N2O7S. The summed E-state index contributed by atoms with van der Waals surface area (Å²) in [5.41, 5.74) is 0. The third kappa shape index (κ3) is 6.60. The van der Waals surface area contributed by atoms with Gasteiger partial charge in [0, 0.05) is 11.8 Å². The van der Waals surface area contributed by atoms with E-state index >= 15 is 0 Å². The molecule has 2 rings (SSSR count). The van der Waals surface area contributed by atoms with E-state index in [2.05, 4.69) is 5.32 Å². The van der Waals surface area contributed by atoms with Crippen molar-refractivity contribution < 1.29 is 33.8 Å². The Bertz CT molecular complexity index is 689. The summed E-state index contributed by atoms with van der Waals surface area (Å²) in [6.45, 7) is 7.23. The standard InChI is InChI=1S/C22H36N2O7S/c1-5-30-21(28)14(4)32-12-16(22(29)31-6-2)23-13(3)19(25)24-17-10-8-7-9-15(17)11-18(24)20(26)27/h13-18,23H,5-12H2,1-4H3,(H,26,27)/t13-,14-,15?,16?,17?,18-/m0/s1. The topological polar surface area (TPSA) is 122 Å². The lowest BCUT2D eigenvalue weighted by Gasteiger charge is -2.35. The first-order valence-corrected chi connectivity index (χ1v) is 12.5. The van der Waals surface area contributed by atoms with E-state index in [1.807, 2.05) is 0 Å². The van der Waals surface area contributed by atoms with E-state index in [9.17, 15) is 24.3 Å². The van der Waals surface area contributed by atoms with Crippen LogP contribution in [-0.2, 0) is 28.7 Å². The molecule has 182 valence electrons. The molecule has 6 atom stereocenters. The van der Waals surface area contributed by atoms with E-state index in [1.54, 1.807) is 27.7 Å². The lowest BCUT2D eigenvalue weighted by Crippen LogP contribution is -2.56. The minimum Gasteiger partial charge on any atom is -0.480 e. The quantitative estimate of drug-likeness (QED) is 0.434. The van der Waals surface area contributed by atoms with Crippen LogP contribution < -0.4 is 5.32 Å². The first kappa shape index (κ1) is 26.4. The molecule has 1 amide bonds. The number of rotatable bonds is 11. The van der Waals surface area contributed by atoms with Crippen molar-refractivity contribution in [1.29, 1.82) is 0 Å². The molecular weight excluding hydrogens is 436 g/mol. The average Bonchev–Trinajstić information content (AvgIpc) is 3.15. The number of nitrogens with zero attached hydrogens (tertiary/aromatic N) is 1. The van der Waals surface area contributed by atoms with E-state index in [4.69, 9.17) is 9.47 Å². The largest absolute Gasteiger partial charge is 0.480 e. The maximum absolute atomic E-state index is 13.3. The van der Waals surface area contributed by atoms with Crippen LogP contribution in [0.15, 0.2) is 0 Å². The van der Waals surface area contributed by atoms with Gasteiger partial charge in [0.1, 0.15) is 12.1 Å². The van der Waals surface area contributed by atoms with E-state index in [-0.39, 0.29) is 42.8 Å². The number of hydrogen-bond acceptors (Lipinski definition) is 8. The summed E-state index contributed by atoms with van der Waals surface area (Å²) in [4.78, 5) is 51.1. The van der Waals surface area contributed by atoms with Gasteiger partial charge in [-0.05, 0) is 52.9 Å². The Morgan fingerprint density at radius 3 is 2.31 bits per heavy atom. The second-order valence-corrected chi connectivity index (χ2v) is 9.74. The van der Waals surface area contributed by atoms with Crippen molar-refractivity contribution in [3.05, 3.63) is 0 Å². The summed E-state index contributed by atoms with van der Waals surface area (Å²) >= 11 is 1.24. The molecule has 10 heteroatoms. The molecule has 1 saturated carbocycles. The van der Waals surface area contributed by atoms with Gasteiger partial charge in [-0.3, -0.25) is 19.7 Å². The van der Waals surface area contributed by atoms with Gasteiger partial charge in [-0.2, -0.15) is 0 Å². The third-order valence-corrected chi connectivity index (χ3v) is 7.37. The summed E-state index contributed by atoms with van der Waals surface area (Å²) in [5.74, 6) is -1.75. The number of aliphatic carboxylic acids is 1. The molecule has 0 spiro atoms. The lowest BCUT2D eigenvalue weighted by atomic mass is 9.84. The molecule has 2 aliphatic rings. The highest BCUT2D eigenvalue weighted by Gasteiger charge is 2.48. The van der Waals surface area contributed by atoms with Crippen LogP contribution in [0.4, 0.5) is 0 Å². The van der Waals surface area contributed by atoms with Gasteiger partial charge >= 0.3 is 17.9 Å². The average molecular weight is 473 g/mol. The molecule has 0 radical (unpaired) electrons. The van der Waals surface area contributed by atoms with Crippen molar-refractivity contribution in [2.45, 2.75) is 89.2 Å². The van der Waals surface area contributed by atoms with Crippen molar-refractivity contribution in [2.24, 2.45) is 5.92 Å². The van der Waals surface area contributed by atoms with Crippen molar-refractivity contribution in [3.63, 3.8) is 0 Å². The van der Waals surface area contributed by atoms with Crippen molar-refractivity contribution >= 4 is 35.6 Å². The molecule has 0 aromatic rings. The van der Waals surface area contributed by atoms with Crippen LogP contribution in [0.1, 0.15) is 59.8 Å². The van der Waals surface area contributed by atoms with Crippen molar-refractivity contribution in [3.8, 4) is 0 Å².